The molecule has 0 unspecified atom stereocenters. The summed E-state index contributed by atoms with van der Waals surface area (Å²) in [6, 6.07) is 4.95. The molecule has 0 fully saturated rings. The molecule has 1 aromatic carbocycles. The second-order valence-electron chi connectivity index (χ2n) is 6.00. The molecule has 0 heterocycles. The molecule has 1 aromatic rings. The predicted molar refractivity (Wildman–Crippen MR) is 66.9 cm³/mol. The lowest BCUT2D eigenvalue weighted by atomic mass is 9.87. The van der Waals surface area contributed by atoms with Crippen molar-refractivity contribution in [3.8, 4) is 5.75 Å². The second kappa shape index (κ2) is 4.65. The first-order valence-electron chi connectivity index (χ1n) is 5.75. The molecule has 0 aromatic heterocycles. The summed E-state index contributed by atoms with van der Waals surface area (Å²) >= 11 is 0. The highest BCUT2D eigenvalue weighted by atomic mass is 19.1. The minimum Gasteiger partial charge on any atom is -0.488 e. The van der Waals surface area contributed by atoms with Crippen LogP contribution in [0.3, 0.4) is 0 Å². The van der Waals surface area contributed by atoms with Crippen LogP contribution in [0.5, 0.6) is 5.75 Å². The second-order valence-corrected chi connectivity index (χ2v) is 6.00. The van der Waals surface area contributed by atoms with Crippen molar-refractivity contribution in [2.75, 3.05) is 6.61 Å². The Labute approximate surface area is 102 Å². The third-order valence-electron chi connectivity index (χ3n) is 2.38. The van der Waals surface area contributed by atoms with E-state index in [1.54, 1.807) is 19.9 Å². The molecule has 0 bridgehead atoms. The van der Waals surface area contributed by atoms with Gasteiger partial charge in [-0.15, -0.1) is 0 Å². The van der Waals surface area contributed by atoms with Crippen LogP contribution in [0.4, 0.5) is 4.39 Å². The van der Waals surface area contributed by atoms with Crippen molar-refractivity contribution in [2.24, 2.45) is 0 Å². The van der Waals surface area contributed by atoms with Gasteiger partial charge in [0.15, 0.2) is 11.6 Å². The molecule has 2 nitrogen and oxygen atoms in total. The smallest absolute Gasteiger partial charge is 0.165 e. The van der Waals surface area contributed by atoms with E-state index in [0.717, 1.165) is 5.56 Å². The minimum atomic E-state index is -0.963. The molecular formula is C14H21FO2. The van der Waals surface area contributed by atoms with Crippen molar-refractivity contribution >= 4 is 0 Å². The van der Waals surface area contributed by atoms with Gasteiger partial charge < -0.3 is 9.84 Å². The zero-order chi connectivity index (χ0) is 13.3. The molecule has 0 aliphatic carbocycles. The van der Waals surface area contributed by atoms with Gasteiger partial charge >= 0.3 is 0 Å². The number of rotatable bonds is 3. The molecule has 0 saturated carbocycles. The number of hydrogen-bond acceptors (Lipinski definition) is 2. The number of hydrogen-bond donors (Lipinski definition) is 1. The molecule has 1 N–H and O–H groups in total. The first-order chi connectivity index (χ1) is 7.59. The zero-order valence-corrected chi connectivity index (χ0v) is 11.2. The molecule has 0 aliphatic rings. The van der Waals surface area contributed by atoms with Crippen molar-refractivity contribution in [1.82, 2.24) is 0 Å². The summed E-state index contributed by atoms with van der Waals surface area (Å²) in [5, 5.41) is 9.51. The van der Waals surface area contributed by atoms with Crippen LogP contribution in [0.1, 0.15) is 40.2 Å². The molecule has 0 amide bonds. The van der Waals surface area contributed by atoms with Crippen LogP contribution < -0.4 is 4.74 Å². The third kappa shape index (κ3) is 4.35. The minimum absolute atomic E-state index is 0.0682. The van der Waals surface area contributed by atoms with Crippen molar-refractivity contribution in [1.29, 1.82) is 0 Å². The highest BCUT2D eigenvalue weighted by Crippen LogP contribution is 2.27. The first kappa shape index (κ1) is 14.0. The molecule has 0 radical (unpaired) electrons. The normalized spacial score (nSPS) is 12.6. The molecule has 3 heteroatoms. The van der Waals surface area contributed by atoms with E-state index >= 15 is 0 Å². The van der Waals surface area contributed by atoms with E-state index < -0.39 is 5.60 Å². The maximum atomic E-state index is 13.7. The van der Waals surface area contributed by atoms with E-state index in [4.69, 9.17) is 4.74 Å². The van der Waals surface area contributed by atoms with Crippen molar-refractivity contribution in [3.05, 3.63) is 29.6 Å². The number of halogens is 1. The average Bonchev–Trinajstić information content (AvgIpc) is 2.12. The highest BCUT2D eigenvalue weighted by molar-refractivity contribution is 5.32. The van der Waals surface area contributed by atoms with Crippen molar-refractivity contribution in [2.45, 2.75) is 45.6 Å². The molecule has 0 spiro atoms. The van der Waals surface area contributed by atoms with Gasteiger partial charge in [-0.25, -0.2) is 4.39 Å². The number of benzene rings is 1. The summed E-state index contributed by atoms with van der Waals surface area (Å²) in [7, 11) is 0. The van der Waals surface area contributed by atoms with Gasteiger partial charge in [0.1, 0.15) is 6.61 Å². The van der Waals surface area contributed by atoms with Gasteiger partial charge in [0, 0.05) is 0 Å². The summed E-state index contributed by atoms with van der Waals surface area (Å²) in [6.45, 7) is 9.39. The van der Waals surface area contributed by atoms with Gasteiger partial charge in [-0.05, 0) is 37.0 Å². The standard InChI is InChI=1S/C14H21FO2/c1-13(2,3)10-6-7-12(11(15)8-10)17-9-14(4,5)16/h6-8,16H,9H2,1-5H3. The van der Waals surface area contributed by atoms with E-state index in [-0.39, 0.29) is 23.6 Å². The van der Waals surface area contributed by atoms with Crippen LogP contribution in [-0.4, -0.2) is 17.3 Å². The first-order valence-corrected chi connectivity index (χ1v) is 5.75. The lowest BCUT2D eigenvalue weighted by molar-refractivity contribution is 0.0271. The molecule has 17 heavy (non-hydrogen) atoms. The van der Waals surface area contributed by atoms with Crippen LogP contribution >= 0.6 is 0 Å². The molecule has 1 rings (SSSR count). The quantitative estimate of drug-likeness (QED) is 0.878. The van der Waals surface area contributed by atoms with E-state index in [1.165, 1.54) is 6.07 Å². The van der Waals surface area contributed by atoms with E-state index in [0.29, 0.717) is 0 Å². The molecule has 0 atom stereocenters. The van der Waals surface area contributed by atoms with Gasteiger partial charge in [0.05, 0.1) is 5.60 Å². The zero-order valence-electron chi connectivity index (χ0n) is 11.2. The monoisotopic (exact) mass is 240 g/mol. The number of ether oxygens (including phenoxy) is 1. The highest BCUT2D eigenvalue weighted by Gasteiger charge is 2.18. The van der Waals surface area contributed by atoms with Gasteiger partial charge in [-0.3, -0.25) is 0 Å². The van der Waals surface area contributed by atoms with Gasteiger partial charge in [-0.2, -0.15) is 0 Å². The predicted octanol–water partition coefficient (Wildman–Crippen LogP) is 3.27. The summed E-state index contributed by atoms with van der Waals surface area (Å²) in [6.07, 6.45) is 0. The van der Waals surface area contributed by atoms with E-state index in [2.05, 4.69) is 0 Å². The van der Waals surface area contributed by atoms with Gasteiger partial charge in [0.25, 0.3) is 0 Å². The van der Waals surface area contributed by atoms with Crippen molar-refractivity contribution in [3.63, 3.8) is 0 Å². The molecule has 96 valence electrons. The molecule has 0 saturated heterocycles. The fourth-order valence-electron chi connectivity index (χ4n) is 1.34. The SMILES string of the molecule is CC(C)(O)COc1ccc(C(C)(C)C)cc1F. The lowest BCUT2D eigenvalue weighted by Crippen LogP contribution is -2.28. The van der Waals surface area contributed by atoms with E-state index in [1.807, 2.05) is 26.8 Å². The van der Waals surface area contributed by atoms with Gasteiger partial charge in [0.2, 0.25) is 0 Å². The third-order valence-corrected chi connectivity index (χ3v) is 2.38. The summed E-state index contributed by atoms with van der Waals surface area (Å²) in [4.78, 5) is 0. The van der Waals surface area contributed by atoms with Gasteiger partial charge in [-0.1, -0.05) is 26.8 Å². The van der Waals surface area contributed by atoms with Crippen molar-refractivity contribution < 1.29 is 14.2 Å². The summed E-state index contributed by atoms with van der Waals surface area (Å²) in [5.74, 6) is -0.207. The lowest BCUT2D eigenvalue weighted by Gasteiger charge is -2.21. The Morgan fingerprint density at radius 2 is 1.76 bits per heavy atom. The van der Waals surface area contributed by atoms with Crippen LogP contribution in [0.2, 0.25) is 0 Å². The topological polar surface area (TPSA) is 29.5 Å². The fourth-order valence-corrected chi connectivity index (χ4v) is 1.34. The Kier molecular flexibility index (Phi) is 3.82. The molecular weight excluding hydrogens is 219 g/mol. The van der Waals surface area contributed by atoms with Crippen LogP contribution in [0, 0.1) is 5.82 Å². The van der Waals surface area contributed by atoms with Crippen LogP contribution in [-0.2, 0) is 5.41 Å². The Morgan fingerprint density at radius 1 is 1.18 bits per heavy atom. The largest absolute Gasteiger partial charge is 0.488 e. The summed E-state index contributed by atoms with van der Waals surface area (Å²) in [5.41, 5.74) is -0.129. The Morgan fingerprint density at radius 3 is 2.18 bits per heavy atom. The maximum Gasteiger partial charge on any atom is 0.165 e. The Bertz CT molecular complexity index is 386. The maximum absolute atomic E-state index is 13.7. The van der Waals surface area contributed by atoms with Crippen LogP contribution in [0.25, 0.3) is 0 Å². The summed E-state index contributed by atoms with van der Waals surface area (Å²) < 4.78 is 19.0. The number of aliphatic hydroxyl groups is 1. The Balaban J connectivity index is 2.84. The fraction of sp³-hybridized carbons (Fsp3) is 0.571. The average molecular weight is 240 g/mol. The van der Waals surface area contributed by atoms with E-state index in [9.17, 15) is 9.50 Å². The molecule has 0 aliphatic heterocycles. The van der Waals surface area contributed by atoms with Crippen LogP contribution in [0.15, 0.2) is 18.2 Å². The Hall–Kier alpha value is -1.09.